The first-order chi connectivity index (χ1) is 9.63. The molecule has 0 aromatic carbocycles. The number of hydrogen-bond acceptors (Lipinski definition) is 5. The summed E-state index contributed by atoms with van der Waals surface area (Å²) in [7, 11) is 0. The summed E-state index contributed by atoms with van der Waals surface area (Å²) in [6.45, 7) is 0.381. The van der Waals surface area contributed by atoms with Crippen LogP contribution >= 0.6 is 0 Å². The second-order valence-corrected chi connectivity index (χ2v) is 4.21. The molecule has 0 saturated heterocycles. The quantitative estimate of drug-likeness (QED) is 0.372. The Bertz CT molecular complexity index is 344. The van der Waals surface area contributed by atoms with Crippen LogP contribution in [0.3, 0.4) is 0 Å². The lowest BCUT2D eigenvalue weighted by Crippen LogP contribution is -2.36. The highest BCUT2D eigenvalue weighted by Crippen LogP contribution is 1.96. The fraction of sp³-hybridized carbons (Fsp3) is 0.615. The number of carbonyl (C=O) groups excluding carboxylic acids is 5. The van der Waals surface area contributed by atoms with Gasteiger partial charge < -0.3 is 25.0 Å². The van der Waals surface area contributed by atoms with Crippen LogP contribution in [0, 0.1) is 0 Å². The zero-order valence-electron chi connectivity index (χ0n) is 11.3. The molecule has 0 rings (SSSR count). The molecule has 0 bridgehead atoms. The second-order valence-electron chi connectivity index (χ2n) is 4.21. The standard InChI is InChI=1S/C13H20N2O5/c16-8-2-5-12(19)14-7-1-4-11(10-18)15-13(20)6-3-9-17/h8-11H,1-7H2,(H,14,19)(H,15,20). The largest absolute Gasteiger partial charge is 0.356 e. The Hall–Kier alpha value is -2.05. The van der Waals surface area contributed by atoms with Crippen LogP contribution in [-0.4, -0.2) is 43.3 Å². The normalized spacial score (nSPS) is 11.2. The predicted octanol–water partition coefficient (Wildman–Crippen LogP) is -0.475. The molecule has 0 spiro atoms. The molecule has 2 amide bonds. The van der Waals surface area contributed by atoms with Crippen molar-refractivity contribution in [2.45, 2.75) is 44.6 Å². The molecule has 0 aliphatic rings. The van der Waals surface area contributed by atoms with E-state index in [-0.39, 0.29) is 37.5 Å². The minimum atomic E-state index is -0.610. The number of carbonyl (C=O) groups is 5. The van der Waals surface area contributed by atoms with Gasteiger partial charge in [-0.2, -0.15) is 0 Å². The molecule has 1 atom stereocenters. The smallest absolute Gasteiger partial charge is 0.220 e. The molecule has 0 heterocycles. The van der Waals surface area contributed by atoms with Crippen molar-refractivity contribution in [3.8, 4) is 0 Å². The number of amides is 2. The van der Waals surface area contributed by atoms with E-state index in [4.69, 9.17) is 0 Å². The van der Waals surface area contributed by atoms with Crippen molar-refractivity contribution in [1.82, 2.24) is 10.6 Å². The highest BCUT2D eigenvalue weighted by Gasteiger charge is 2.10. The van der Waals surface area contributed by atoms with E-state index in [0.29, 0.717) is 38.2 Å². The molecule has 112 valence electrons. The van der Waals surface area contributed by atoms with Crippen molar-refractivity contribution in [3.63, 3.8) is 0 Å². The summed E-state index contributed by atoms with van der Waals surface area (Å²) in [5.41, 5.74) is 0. The zero-order chi connectivity index (χ0) is 15.2. The van der Waals surface area contributed by atoms with E-state index in [1.54, 1.807) is 0 Å². The molecule has 7 heteroatoms. The Labute approximate surface area is 117 Å². The van der Waals surface area contributed by atoms with Gasteiger partial charge in [0.2, 0.25) is 11.8 Å². The third-order valence-electron chi connectivity index (χ3n) is 2.50. The average molecular weight is 284 g/mol. The van der Waals surface area contributed by atoms with Gasteiger partial charge >= 0.3 is 0 Å². The summed E-state index contributed by atoms with van der Waals surface area (Å²) in [5, 5.41) is 5.11. The maximum absolute atomic E-state index is 11.3. The van der Waals surface area contributed by atoms with Crippen molar-refractivity contribution in [3.05, 3.63) is 0 Å². The van der Waals surface area contributed by atoms with Crippen LogP contribution in [0.2, 0.25) is 0 Å². The first-order valence-electron chi connectivity index (χ1n) is 6.52. The Balaban J connectivity index is 3.76. The topological polar surface area (TPSA) is 109 Å². The van der Waals surface area contributed by atoms with E-state index in [9.17, 15) is 24.0 Å². The monoisotopic (exact) mass is 284 g/mol. The van der Waals surface area contributed by atoms with Gasteiger partial charge in [0, 0.05) is 32.2 Å². The maximum atomic E-state index is 11.3. The van der Waals surface area contributed by atoms with Crippen LogP contribution in [0.1, 0.15) is 38.5 Å². The fourth-order valence-electron chi connectivity index (χ4n) is 1.47. The molecule has 0 aliphatic carbocycles. The summed E-state index contributed by atoms with van der Waals surface area (Å²) in [6, 6.07) is -0.610. The third kappa shape index (κ3) is 9.93. The van der Waals surface area contributed by atoms with E-state index < -0.39 is 6.04 Å². The van der Waals surface area contributed by atoms with Gasteiger partial charge in [-0.1, -0.05) is 0 Å². The van der Waals surface area contributed by atoms with Gasteiger partial charge in [0.05, 0.1) is 6.04 Å². The Morgan fingerprint density at radius 1 is 0.950 bits per heavy atom. The van der Waals surface area contributed by atoms with Crippen molar-refractivity contribution in [2.75, 3.05) is 6.54 Å². The summed E-state index contributed by atoms with van der Waals surface area (Å²) in [5.74, 6) is -0.556. The molecule has 2 N–H and O–H groups in total. The molecule has 20 heavy (non-hydrogen) atoms. The van der Waals surface area contributed by atoms with Crippen molar-refractivity contribution in [1.29, 1.82) is 0 Å². The van der Waals surface area contributed by atoms with Gasteiger partial charge in [-0.15, -0.1) is 0 Å². The van der Waals surface area contributed by atoms with Gasteiger partial charge in [0.1, 0.15) is 18.9 Å². The van der Waals surface area contributed by atoms with Crippen molar-refractivity contribution >= 4 is 30.7 Å². The van der Waals surface area contributed by atoms with Crippen molar-refractivity contribution in [2.24, 2.45) is 0 Å². The zero-order valence-corrected chi connectivity index (χ0v) is 11.3. The van der Waals surface area contributed by atoms with Crippen LogP contribution in [0.5, 0.6) is 0 Å². The lowest BCUT2D eigenvalue weighted by molar-refractivity contribution is -0.125. The van der Waals surface area contributed by atoms with E-state index in [1.165, 1.54) is 0 Å². The van der Waals surface area contributed by atoms with Crippen LogP contribution in [0.15, 0.2) is 0 Å². The maximum Gasteiger partial charge on any atom is 0.220 e. The van der Waals surface area contributed by atoms with Crippen LogP contribution in [-0.2, 0) is 24.0 Å². The minimum absolute atomic E-state index is 0.0657. The Morgan fingerprint density at radius 2 is 1.55 bits per heavy atom. The van der Waals surface area contributed by atoms with Crippen LogP contribution in [0.25, 0.3) is 0 Å². The van der Waals surface area contributed by atoms with Crippen LogP contribution < -0.4 is 10.6 Å². The molecule has 0 aliphatic heterocycles. The molecule has 7 nitrogen and oxygen atoms in total. The fourth-order valence-corrected chi connectivity index (χ4v) is 1.47. The first kappa shape index (κ1) is 17.9. The lowest BCUT2D eigenvalue weighted by Gasteiger charge is -2.12. The number of nitrogens with one attached hydrogen (secondary N) is 2. The highest BCUT2D eigenvalue weighted by molar-refractivity contribution is 5.81. The molecule has 0 aromatic rings. The van der Waals surface area contributed by atoms with E-state index in [2.05, 4.69) is 10.6 Å². The molecular formula is C13H20N2O5. The number of aldehydes is 3. The SMILES string of the molecule is O=CCCC(=O)NCCCC(C=O)NC(=O)CCC=O. The Kier molecular flexibility index (Phi) is 10.8. The van der Waals surface area contributed by atoms with E-state index >= 15 is 0 Å². The van der Waals surface area contributed by atoms with E-state index in [0.717, 1.165) is 0 Å². The Morgan fingerprint density at radius 3 is 2.10 bits per heavy atom. The average Bonchev–Trinajstić information content (AvgIpc) is 2.45. The predicted molar refractivity (Wildman–Crippen MR) is 70.8 cm³/mol. The molecule has 0 radical (unpaired) electrons. The highest BCUT2D eigenvalue weighted by atomic mass is 16.2. The summed E-state index contributed by atoms with van der Waals surface area (Å²) >= 11 is 0. The van der Waals surface area contributed by atoms with Gasteiger partial charge in [0.15, 0.2) is 0 Å². The van der Waals surface area contributed by atoms with E-state index in [1.807, 2.05) is 0 Å². The molecule has 0 fully saturated rings. The number of rotatable bonds is 12. The second kappa shape index (κ2) is 12.0. The molecule has 0 saturated carbocycles. The van der Waals surface area contributed by atoms with Crippen LogP contribution in [0.4, 0.5) is 0 Å². The summed E-state index contributed by atoms with van der Waals surface area (Å²) < 4.78 is 0. The van der Waals surface area contributed by atoms with Gasteiger partial charge in [0.25, 0.3) is 0 Å². The van der Waals surface area contributed by atoms with Crippen molar-refractivity contribution < 1.29 is 24.0 Å². The summed E-state index contributed by atoms with van der Waals surface area (Å²) in [4.78, 5) is 53.4. The van der Waals surface area contributed by atoms with Gasteiger partial charge in [-0.3, -0.25) is 9.59 Å². The number of hydrogen-bond donors (Lipinski definition) is 2. The minimum Gasteiger partial charge on any atom is -0.356 e. The molecule has 1 unspecified atom stereocenters. The molecule has 0 aromatic heterocycles. The first-order valence-corrected chi connectivity index (χ1v) is 6.52. The summed E-state index contributed by atoms with van der Waals surface area (Å²) in [6.07, 6.45) is 3.43. The lowest BCUT2D eigenvalue weighted by atomic mass is 10.1. The molecular weight excluding hydrogens is 264 g/mol. The van der Waals surface area contributed by atoms with Gasteiger partial charge in [-0.25, -0.2) is 0 Å². The van der Waals surface area contributed by atoms with Gasteiger partial charge in [-0.05, 0) is 12.8 Å². The third-order valence-corrected chi connectivity index (χ3v) is 2.50.